The predicted molar refractivity (Wildman–Crippen MR) is 122 cm³/mol. The van der Waals surface area contributed by atoms with Crippen LogP contribution in [0.5, 0.6) is 5.75 Å². The fourth-order valence-electron chi connectivity index (χ4n) is 2.63. The van der Waals surface area contributed by atoms with Crippen LogP contribution in [0.1, 0.15) is 50.9 Å². The van der Waals surface area contributed by atoms with Crippen molar-refractivity contribution in [3.05, 3.63) is 52.5 Å². The highest BCUT2D eigenvalue weighted by Crippen LogP contribution is 2.25. The Labute approximate surface area is 181 Å². The zero-order valence-corrected chi connectivity index (χ0v) is 19.0. The maximum absolute atomic E-state index is 12.8. The number of hydrogen-bond acceptors (Lipinski definition) is 3. The van der Waals surface area contributed by atoms with Gasteiger partial charge in [0.1, 0.15) is 5.75 Å². The number of ether oxygens (including phenoxy) is 1. The Morgan fingerprint density at radius 2 is 1.55 bits per heavy atom. The van der Waals surface area contributed by atoms with E-state index in [1.54, 1.807) is 36.4 Å². The second-order valence-electron chi connectivity index (χ2n) is 7.85. The molecule has 0 heterocycles. The molecule has 2 amide bonds. The fourth-order valence-corrected chi connectivity index (χ4v) is 2.99. The number of rotatable bonds is 9. The highest BCUT2D eigenvalue weighted by molar-refractivity contribution is 9.10. The van der Waals surface area contributed by atoms with Crippen LogP contribution < -0.4 is 15.4 Å². The third-order valence-corrected chi connectivity index (χ3v) is 4.65. The maximum Gasteiger partial charge on any atom is 0.259 e. The maximum atomic E-state index is 12.8. The summed E-state index contributed by atoms with van der Waals surface area (Å²) in [4.78, 5) is 24.7. The van der Waals surface area contributed by atoms with Crippen LogP contribution in [0.2, 0.25) is 0 Å². The topological polar surface area (TPSA) is 67.4 Å². The number of carbonyl (C=O) groups excluding carboxylic acids is 2. The Morgan fingerprint density at radius 3 is 2.14 bits per heavy atom. The zero-order valence-electron chi connectivity index (χ0n) is 17.4. The van der Waals surface area contributed by atoms with Gasteiger partial charge in [-0.1, -0.05) is 43.6 Å². The Kier molecular flexibility index (Phi) is 8.70. The van der Waals surface area contributed by atoms with E-state index >= 15 is 0 Å². The lowest BCUT2D eigenvalue weighted by molar-refractivity contribution is -0.116. The van der Waals surface area contributed by atoms with Crippen LogP contribution in [0.4, 0.5) is 11.4 Å². The number of benzene rings is 2. The molecule has 0 radical (unpaired) electrons. The molecule has 0 saturated heterocycles. The van der Waals surface area contributed by atoms with E-state index in [4.69, 9.17) is 4.74 Å². The van der Waals surface area contributed by atoms with Crippen LogP contribution in [0.3, 0.4) is 0 Å². The summed E-state index contributed by atoms with van der Waals surface area (Å²) in [6, 6.07) is 12.5. The minimum atomic E-state index is -0.248. The summed E-state index contributed by atoms with van der Waals surface area (Å²) in [7, 11) is 0. The van der Waals surface area contributed by atoms with Gasteiger partial charge in [-0.25, -0.2) is 0 Å². The Balaban J connectivity index is 2.04. The predicted octanol–water partition coefficient (Wildman–Crippen LogP) is 6.11. The van der Waals surface area contributed by atoms with Gasteiger partial charge in [0, 0.05) is 22.3 Å². The second-order valence-corrected chi connectivity index (χ2v) is 8.76. The number of nitrogens with one attached hydrogen (secondary N) is 2. The van der Waals surface area contributed by atoms with Crippen LogP contribution >= 0.6 is 15.9 Å². The van der Waals surface area contributed by atoms with E-state index in [0.29, 0.717) is 47.6 Å². The molecule has 5 nitrogen and oxygen atoms in total. The SMILES string of the molecule is CC(C)CCOc1ccc(Br)cc1C(=O)Nc1ccc(NC(=O)CC(C)C)cc1. The summed E-state index contributed by atoms with van der Waals surface area (Å²) in [6.45, 7) is 8.83. The summed E-state index contributed by atoms with van der Waals surface area (Å²) in [5.74, 6) is 1.12. The van der Waals surface area contributed by atoms with E-state index in [2.05, 4.69) is 40.4 Å². The van der Waals surface area contributed by atoms with Crippen molar-refractivity contribution in [1.82, 2.24) is 0 Å². The first-order valence-corrected chi connectivity index (χ1v) is 10.7. The first-order chi connectivity index (χ1) is 13.7. The quantitative estimate of drug-likeness (QED) is 0.474. The molecule has 6 heteroatoms. The second kappa shape index (κ2) is 11.0. The molecule has 0 aliphatic carbocycles. The van der Waals surface area contributed by atoms with Crippen molar-refractivity contribution in [3.63, 3.8) is 0 Å². The zero-order chi connectivity index (χ0) is 21.4. The van der Waals surface area contributed by atoms with Crippen LogP contribution in [0.25, 0.3) is 0 Å². The molecule has 2 aromatic carbocycles. The lowest BCUT2D eigenvalue weighted by atomic mass is 10.1. The molecule has 0 aromatic heterocycles. The van der Waals surface area contributed by atoms with E-state index in [0.717, 1.165) is 10.9 Å². The van der Waals surface area contributed by atoms with Crippen LogP contribution in [-0.4, -0.2) is 18.4 Å². The van der Waals surface area contributed by atoms with Crippen molar-refractivity contribution >= 4 is 39.1 Å². The number of amides is 2. The number of hydrogen-bond donors (Lipinski definition) is 2. The Morgan fingerprint density at radius 1 is 0.931 bits per heavy atom. The molecule has 0 aliphatic heterocycles. The summed E-state index contributed by atoms with van der Waals surface area (Å²) >= 11 is 3.41. The molecule has 2 aromatic rings. The molecule has 0 atom stereocenters. The van der Waals surface area contributed by atoms with Crippen molar-refractivity contribution in [2.24, 2.45) is 11.8 Å². The van der Waals surface area contributed by atoms with Crippen LogP contribution in [0, 0.1) is 11.8 Å². The average Bonchev–Trinajstić information content (AvgIpc) is 2.63. The van der Waals surface area contributed by atoms with E-state index in [1.165, 1.54) is 0 Å². The standard InChI is InChI=1S/C23H29BrN2O3/c1-15(2)11-12-29-21-10-5-17(24)14-20(21)23(28)26-19-8-6-18(7-9-19)25-22(27)13-16(3)4/h5-10,14-16H,11-13H2,1-4H3,(H,25,27)(H,26,28). The van der Waals surface area contributed by atoms with Crippen molar-refractivity contribution in [2.75, 3.05) is 17.2 Å². The molecule has 0 unspecified atom stereocenters. The lowest BCUT2D eigenvalue weighted by Crippen LogP contribution is -2.15. The van der Waals surface area contributed by atoms with Gasteiger partial charge in [-0.2, -0.15) is 0 Å². The summed E-state index contributed by atoms with van der Waals surface area (Å²) in [6.07, 6.45) is 1.39. The number of anilines is 2. The van der Waals surface area contributed by atoms with E-state index in [9.17, 15) is 9.59 Å². The van der Waals surface area contributed by atoms with Gasteiger partial charge in [-0.15, -0.1) is 0 Å². The smallest absolute Gasteiger partial charge is 0.259 e. The molecule has 0 aliphatic rings. The van der Waals surface area contributed by atoms with Crippen LogP contribution in [-0.2, 0) is 4.79 Å². The van der Waals surface area contributed by atoms with Gasteiger partial charge in [0.2, 0.25) is 5.91 Å². The first kappa shape index (κ1) is 22.9. The number of halogens is 1. The van der Waals surface area contributed by atoms with E-state index < -0.39 is 0 Å². The molecule has 29 heavy (non-hydrogen) atoms. The molecule has 0 spiro atoms. The van der Waals surface area contributed by atoms with Crippen molar-refractivity contribution in [2.45, 2.75) is 40.5 Å². The molecule has 0 bridgehead atoms. The third kappa shape index (κ3) is 7.89. The monoisotopic (exact) mass is 460 g/mol. The minimum absolute atomic E-state index is 0.0193. The van der Waals surface area contributed by atoms with Crippen molar-refractivity contribution in [3.8, 4) is 5.75 Å². The number of carbonyl (C=O) groups is 2. The summed E-state index contributed by atoms with van der Waals surface area (Å²) in [5.41, 5.74) is 1.82. The summed E-state index contributed by atoms with van der Waals surface area (Å²) < 4.78 is 6.63. The van der Waals surface area contributed by atoms with Crippen molar-refractivity contribution < 1.29 is 14.3 Å². The van der Waals surface area contributed by atoms with Crippen LogP contribution in [0.15, 0.2) is 46.9 Å². The van der Waals surface area contributed by atoms with Gasteiger partial charge in [-0.3, -0.25) is 9.59 Å². The normalized spacial score (nSPS) is 10.9. The van der Waals surface area contributed by atoms with Gasteiger partial charge in [0.05, 0.1) is 12.2 Å². The molecule has 156 valence electrons. The summed E-state index contributed by atoms with van der Waals surface area (Å²) in [5, 5.41) is 5.74. The first-order valence-electron chi connectivity index (χ1n) is 9.88. The third-order valence-electron chi connectivity index (χ3n) is 4.16. The van der Waals surface area contributed by atoms with E-state index in [1.807, 2.05) is 19.9 Å². The molecule has 2 rings (SSSR count). The fraction of sp³-hybridized carbons (Fsp3) is 0.391. The van der Waals surface area contributed by atoms with Gasteiger partial charge >= 0.3 is 0 Å². The van der Waals surface area contributed by atoms with Crippen molar-refractivity contribution in [1.29, 1.82) is 0 Å². The minimum Gasteiger partial charge on any atom is -0.493 e. The van der Waals surface area contributed by atoms with Gasteiger partial charge in [0.15, 0.2) is 0 Å². The Hall–Kier alpha value is -2.34. The molecular formula is C23H29BrN2O3. The Bertz CT molecular complexity index is 833. The van der Waals surface area contributed by atoms with Gasteiger partial charge in [0.25, 0.3) is 5.91 Å². The van der Waals surface area contributed by atoms with Gasteiger partial charge in [-0.05, 0) is 60.7 Å². The molecule has 2 N–H and O–H groups in total. The average molecular weight is 461 g/mol. The molecule has 0 saturated carbocycles. The van der Waals surface area contributed by atoms with E-state index in [-0.39, 0.29) is 11.8 Å². The highest BCUT2D eigenvalue weighted by atomic mass is 79.9. The highest BCUT2D eigenvalue weighted by Gasteiger charge is 2.14. The molecule has 0 fully saturated rings. The van der Waals surface area contributed by atoms with Gasteiger partial charge < -0.3 is 15.4 Å². The largest absolute Gasteiger partial charge is 0.493 e. The lowest BCUT2D eigenvalue weighted by Gasteiger charge is -2.13. The molecular weight excluding hydrogens is 432 g/mol.